The summed E-state index contributed by atoms with van der Waals surface area (Å²) in [6.45, 7) is 0. The third-order valence-electron chi connectivity index (χ3n) is 2.41. The van der Waals surface area contributed by atoms with Crippen molar-refractivity contribution in [3.8, 4) is 0 Å². The van der Waals surface area contributed by atoms with Crippen molar-refractivity contribution < 1.29 is 24.2 Å². The van der Waals surface area contributed by atoms with Crippen LogP contribution in [-0.4, -0.2) is 45.7 Å². The molecule has 0 radical (unpaired) electrons. The molecule has 1 aromatic heterocycles. The molecule has 0 aliphatic rings. The minimum atomic E-state index is -1.21. The van der Waals surface area contributed by atoms with E-state index >= 15 is 0 Å². The van der Waals surface area contributed by atoms with E-state index in [0.29, 0.717) is 0 Å². The van der Waals surface area contributed by atoms with Crippen molar-refractivity contribution >= 4 is 17.8 Å². The van der Waals surface area contributed by atoms with Crippen molar-refractivity contribution in [2.24, 2.45) is 7.05 Å². The molecule has 1 aromatic rings. The van der Waals surface area contributed by atoms with E-state index in [2.05, 4.69) is 15.0 Å². The molecule has 0 spiro atoms. The standard InChI is InChI=1S/C11H15N3O5/c1-14-5-8(12-6-14)10(16)13-7(11(17)18)3-4-9(15)19-2/h5-7H,3-4H2,1-2H3,(H,13,16)(H,17,18). The van der Waals surface area contributed by atoms with E-state index in [9.17, 15) is 14.4 Å². The van der Waals surface area contributed by atoms with Gasteiger partial charge in [-0.1, -0.05) is 0 Å². The van der Waals surface area contributed by atoms with Gasteiger partial charge in [-0.25, -0.2) is 9.78 Å². The highest BCUT2D eigenvalue weighted by Gasteiger charge is 2.22. The first kappa shape index (κ1) is 14.7. The molecule has 0 aromatic carbocycles. The van der Waals surface area contributed by atoms with E-state index in [0.717, 1.165) is 0 Å². The number of hydrogen-bond donors (Lipinski definition) is 2. The smallest absolute Gasteiger partial charge is 0.326 e. The zero-order chi connectivity index (χ0) is 14.4. The summed E-state index contributed by atoms with van der Waals surface area (Å²) in [4.78, 5) is 37.5. The van der Waals surface area contributed by atoms with Crippen LogP contribution in [0.3, 0.4) is 0 Å². The van der Waals surface area contributed by atoms with Gasteiger partial charge in [-0.05, 0) is 6.42 Å². The Morgan fingerprint density at radius 3 is 2.68 bits per heavy atom. The second-order valence-corrected chi connectivity index (χ2v) is 3.90. The molecule has 2 N–H and O–H groups in total. The van der Waals surface area contributed by atoms with Gasteiger partial charge >= 0.3 is 11.9 Å². The number of aryl methyl sites for hydroxylation is 1. The van der Waals surface area contributed by atoms with Gasteiger partial charge in [0, 0.05) is 19.7 Å². The number of ether oxygens (including phenoxy) is 1. The maximum atomic E-state index is 11.7. The largest absolute Gasteiger partial charge is 0.480 e. The zero-order valence-corrected chi connectivity index (χ0v) is 10.6. The molecule has 8 heteroatoms. The van der Waals surface area contributed by atoms with Gasteiger partial charge in [0.1, 0.15) is 11.7 Å². The number of esters is 1. The van der Waals surface area contributed by atoms with Crippen molar-refractivity contribution in [3.63, 3.8) is 0 Å². The number of aromatic nitrogens is 2. The first-order chi connectivity index (χ1) is 8.93. The number of aliphatic carboxylic acids is 1. The summed E-state index contributed by atoms with van der Waals surface area (Å²) in [6, 6.07) is -1.16. The normalized spacial score (nSPS) is 11.7. The molecule has 0 saturated heterocycles. The van der Waals surface area contributed by atoms with E-state index in [1.165, 1.54) is 19.6 Å². The predicted octanol–water partition coefficient (Wildman–Crippen LogP) is -0.444. The lowest BCUT2D eigenvalue weighted by atomic mass is 10.1. The summed E-state index contributed by atoms with van der Waals surface area (Å²) in [5.74, 6) is -2.34. The highest BCUT2D eigenvalue weighted by molar-refractivity contribution is 5.94. The third kappa shape index (κ3) is 4.41. The number of carbonyl (C=O) groups excluding carboxylic acids is 2. The van der Waals surface area contributed by atoms with E-state index in [1.54, 1.807) is 11.6 Å². The van der Waals surface area contributed by atoms with Gasteiger partial charge in [0.15, 0.2) is 0 Å². The number of imidazole rings is 1. The quantitative estimate of drug-likeness (QED) is 0.677. The van der Waals surface area contributed by atoms with Crippen LogP contribution < -0.4 is 5.32 Å². The molecule has 19 heavy (non-hydrogen) atoms. The van der Waals surface area contributed by atoms with Crippen LogP contribution in [0.5, 0.6) is 0 Å². The lowest BCUT2D eigenvalue weighted by molar-refractivity contribution is -0.142. The second kappa shape index (κ2) is 6.53. The molecular formula is C11H15N3O5. The number of amides is 1. The number of carboxylic acids is 1. The summed E-state index contributed by atoms with van der Waals surface area (Å²) in [6.07, 6.45) is 2.77. The van der Waals surface area contributed by atoms with Gasteiger partial charge in [-0.15, -0.1) is 0 Å². The van der Waals surface area contributed by atoms with Crippen LogP contribution in [0, 0.1) is 0 Å². The molecule has 1 atom stereocenters. The Morgan fingerprint density at radius 1 is 1.53 bits per heavy atom. The summed E-state index contributed by atoms with van der Waals surface area (Å²) < 4.78 is 5.98. The Morgan fingerprint density at radius 2 is 2.21 bits per heavy atom. The maximum Gasteiger partial charge on any atom is 0.326 e. The molecule has 1 amide bonds. The molecule has 104 valence electrons. The summed E-state index contributed by atoms with van der Waals surface area (Å²) in [7, 11) is 2.90. The van der Waals surface area contributed by atoms with E-state index in [1.807, 2.05) is 0 Å². The van der Waals surface area contributed by atoms with Crippen LogP contribution in [0.25, 0.3) is 0 Å². The number of hydrogen-bond acceptors (Lipinski definition) is 5. The van der Waals surface area contributed by atoms with Crippen molar-refractivity contribution in [1.29, 1.82) is 0 Å². The highest BCUT2D eigenvalue weighted by Crippen LogP contribution is 2.02. The molecular weight excluding hydrogens is 254 g/mol. The fourth-order valence-corrected chi connectivity index (χ4v) is 1.38. The van der Waals surface area contributed by atoms with Crippen molar-refractivity contribution in [2.75, 3.05) is 7.11 Å². The Balaban J connectivity index is 2.61. The number of carbonyl (C=O) groups is 3. The average Bonchev–Trinajstić information content (AvgIpc) is 2.80. The molecule has 8 nitrogen and oxygen atoms in total. The average molecular weight is 269 g/mol. The van der Waals surface area contributed by atoms with Crippen LogP contribution in [-0.2, 0) is 21.4 Å². The van der Waals surface area contributed by atoms with Crippen LogP contribution in [0.2, 0.25) is 0 Å². The number of methoxy groups -OCH3 is 1. The van der Waals surface area contributed by atoms with Crippen LogP contribution >= 0.6 is 0 Å². The monoisotopic (exact) mass is 269 g/mol. The van der Waals surface area contributed by atoms with Crippen molar-refractivity contribution in [2.45, 2.75) is 18.9 Å². The second-order valence-electron chi connectivity index (χ2n) is 3.90. The topological polar surface area (TPSA) is 111 Å². The molecule has 0 aliphatic heterocycles. The minimum absolute atomic E-state index is 0.0411. The first-order valence-corrected chi connectivity index (χ1v) is 5.52. The van der Waals surface area contributed by atoms with E-state index < -0.39 is 23.9 Å². The van der Waals surface area contributed by atoms with Crippen molar-refractivity contribution in [1.82, 2.24) is 14.9 Å². The molecule has 0 aliphatic carbocycles. The Bertz CT molecular complexity index is 482. The van der Waals surface area contributed by atoms with Crippen LogP contribution in [0.15, 0.2) is 12.5 Å². The fourth-order valence-electron chi connectivity index (χ4n) is 1.38. The van der Waals surface area contributed by atoms with Gasteiger partial charge in [0.2, 0.25) is 0 Å². The van der Waals surface area contributed by atoms with Crippen LogP contribution in [0.4, 0.5) is 0 Å². The zero-order valence-electron chi connectivity index (χ0n) is 10.6. The molecule has 0 bridgehead atoms. The van der Waals surface area contributed by atoms with Crippen molar-refractivity contribution in [3.05, 3.63) is 18.2 Å². The summed E-state index contributed by atoms with van der Waals surface area (Å²) in [5, 5.41) is 11.3. The Kier molecular flexibility index (Phi) is 5.04. The minimum Gasteiger partial charge on any atom is -0.480 e. The lowest BCUT2D eigenvalue weighted by Crippen LogP contribution is -2.41. The Labute approximate surface area is 109 Å². The summed E-state index contributed by atoms with van der Waals surface area (Å²) in [5.41, 5.74) is 0.117. The SMILES string of the molecule is COC(=O)CCC(NC(=O)c1cn(C)cn1)C(=O)O. The fraction of sp³-hybridized carbons (Fsp3) is 0.455. The first-order valence-electron chi connectivity index (χ1n) is 5.52. The van der Waals surface area contributed by atoms with Gasteiger partial charge in [0.25, 0.3) is 5.91 Å². The lowest BCUT2D eigenvalue weighted by Gasteiger charge is -2.12. The van der Waals surface area contributed by atoms with Gasteiger partial charge in [-0.3, -0.25) is 9.59 Å². The number of nitrogens with zero attached hydrogens (tertiary/aromatic N) is 2. The van der Waals surface area contributed by atoms with E-state index in [-0.39, 0.29) is 18.5 Å². The predicted molar refractivity (Wildman–Crippen MR) is 63.3 cm³/mol. The highest BCUT2D eigenvalue weighted by atomic mass is 16.5. The number of rotatable bonds is 6. The van der Waals surface area contributed by atoms with E-state index in [4.69, 9.17) is 5.11 Å². The molecule has 1 rings (SSSR count). The molecule has 0 saturated carbocycles. The maximum absolute atomic E-state index is 11.7. The number of carboxylic acid groups (broad SMARTS) is 1. The molecule has 0 fully saturated rings. The van der Waals surface area contributed by atoms with Gasteiger partial charge in [0.05, 0.1) is 13.4 Å². The summed E-state index contributed by atoms with van der Waals surface area (Å²) >= 11 is 0. The number of nitrogens with one attached hydrogen (secondary N) is 1. The Hall–Kier alpha value is -2.38. The van der Waals surface area contributed by atoms with Gasteiger partial charge < -0.3 is 19.7 Å². The molecule has 1 unspecified atom stereocenters. The third-order valence-corrected chi connectivity index (χ3v) is 2.41. The van der Waals surface area contributed by atoms with Crippen LogP contribution in [0.1, 0.15) is 23.3 Å². The van der Waals surface area contributed by atoms with Gasteiger partial charge in [-0.2, -0.15) is 0 Å². The molecule has 1 heterocycles.